The van der Waals surface area contributed by atoms with Gasteiger partial charge in [-0.05, 0) is 18.9 Å². The molecule has 0 aliphatic heterocycles. The van der Waals surface area contributed by atoms with Crippen molar-refractivity contribution in [3.63, 3.8) is 0 Å². The summed E-state index contributed by atoms with van der Waals surface area (Å²) in [5.74, 6) is -4.65. The van der Waals surface area contributed by atoms with Crippen LogP contribution in [0.3, 0.4) is 0 Å². The van der Waals surface area contributed by atoms with E-state index in [1.165, 1.54) is 6.92 Å². The van der Waals surface area contributed by atoms with Crippen LogP contribution in [0.15, 0.2) is 30.3 Å². The zero-order chi connectivity index (χ0) is 13.9. The molecule has 1 aromatic rings. The third-order valence-corrected chi connectivity index (χ3v) is 3.18. The minimum absolute atomic E-state index is 0.0164. The number of hydrogen-bond donors (Lipinski definition) is 1. The van der Waals surface area contributed by atoms with Gasteiger partial charge in [0.1, 0.15) is 0 Å². The highest BCUT2D eigenvalue weighted by molar-refractivity contribution is 5.77. The van der Waals surface area contributed by atoms with Gasteiger partial charge in [0.15, 0.2) is 0 Å². The first-order valence-electron chi connectivity index (χ1n) is 6.38. The van der Waals surface area contributed by atoms with Crippen LogP contribution in [0.25, 0.3) is 0 Å². The highest BCUT2D eigenvalue weighted by Crippen LogP contribution is 2.40. The van der Waals surface area contributed by atoms with Crippen molar-refractivity contribution in [2.24, 2.45) is 0 Å². The quantitative estimate of drug-likeness (QED) is 0.805. The van der Waals surface area contributed by atoms with E-state index in [1.807, 2.05) is 30.3 Å². The van der Waals surface area contributed by atoms with E-state index in [4.69, 9.17) is 0 Å². The maximum atomic E-state index is 13.4. The number of hydrogen-bond acceptors (Lipinski definition) is 3. The van der Waals surface area contributed by atoms with Crippen LogP contribution in [-0.2, 0) is 9.53 Å². The van der Waals surface area contributed by atoms with Gasteiger partial charge in [-0.3, -0.25) is 0 Å². The van der Waals surface area contributed by atoms with Crippen molar-refractivity contribution in [1.29, 1.82) is 0 Å². The second-order valence-corrected chi connectivity index (χ2v) is 4.67. The van der Waals surface area contributed by atoms with Crippen molar-refractivity contribution in [3.05, 3.63) is 35.9 Å². The van der Waals surface area contributed by atoms with Gasteiger partial charge in [-0.15, -0.1) is 0 Å². The van der Waals surface area contributed by atoms with Crippen molar-refractivity contribution in [2.45, 2.75) is 31.2 Å². The average Bonchev–Trinajstić information content (AvgIpc) is 3.17. The highest BCUT2D eigenvalue weighted by atomic mass is 19.3. The van der Waals surface area contributed by atoms with E-state index in [0.717, 1.165) is 12.0 Å². The van der Waals surface area contributed by atoms with Crippen molar-refractivity contribution in [3.8, 4) is 0 Å². The van der Waals surface area contributed by atoms with Crippen LogP contribution in [0.1, 0.15) is 24.8 Å². The van der Waals surface area contributed by atoms with Gasteiger partial charge in [-0.25, -0.2) is 4.79 Å². The second kappa shape index (κ2) is 5.65. The molecule has 0 radical (unpaired) electrons. The van der Waals surface area contributed by atoms with Gasteiger partial charge >= 0.3 is 11.9 Å². The molecule has 0 spiro atoms. The summed E-state index contributed by atoms with van der Waals surface area (Å²) >= 11 is 0. The average molecular weight is 269 g/mol. The van der Waals surface area contributed by atoms with E-state index >= 15 is 0 Å². The fourth-order valence-electron chi connectivity index (χ4n) is 2.06. The Hall–Kier alpha value is -1.49. The summed E-state index contributed by atoms with van der Waals surface area (Å²) in [7, 11) is 0. The van der Waals surface area contributed by atoms with Gasteiger partial charge < -0.3 is 10.1 Å². The zero-order valence-corrected chi connectivity index (χ0v) is 10.7. The molecule has 2 rings (SSSR count). The van der Waals surface area contributed by atoms with Gasteiger partial charge in [0, 0.05) is 12.0 Å². The minimum atomic E-state index is -3.46. The molecule has 5 heteroatoms. The largest absolute Gasteiger partial charge is 0.462 e. The van der Waals surface area contributed by atoms with Crippen molar-refractivity contribution >= 4 is 5.97 Å². The van der Waals surface area contributed by atoms with E-state index in [0.29, 0.717) is 0 Å². The number of esters is 1. The Morgan fingerprint density at radius 3 is 2.74 bits per heavy atom. The molecule has 1 N–H and O–H groups in total. The Morgan fingerprint density at radius 1 is 1.42 bits per heavy atom. The molecule has 104 valence electrons. The molecule has 1 aliphatic rings. The van der Waals surface area contributed by atoms with Crippen LogP contribution in [0, 0.1) is 0 Å². The van der Waals surface area contributed by atoms with Gasteiger partial charge in [-0.2, -0.15) is 8.78 Å². The molecular formula is C14H17F2NO2. The van der Waals surface area contributed by atoms with E-state index in [2.05, 4.69) is 10.1 Å². The van der Waals surface area contributed by atoms with Gasteiger partial charge in [-0.1, -0.05) is 30.3 Å². The number of rotatable bonds is 6. The molecule has 1 saturated carbocycles. The van der Waals surface area contributed by atoms with Crippen LogP contribution in [0.4, 0.5) is 8.78 Å². The molecule has 0 saturated heterocycles. The Morgan fingerprint density at radius 2 is 2.11 bits per heavy atom. The van der Waals surface area contributed by atoms with Gasteiger partial charge in [0.25, 0.3) is 0 Å². The number of benzene rings is 1. The first kappa shape index (κ1) is 13.9. The Bertz CT molecular complexity index is 436. The lowest BCUT2D eigenvalue weighted by atomic mass is 10.1. The van der Waals surface area contributed by atoms with E-state index in [9.17, 15) is 13.6 Å². The normalized spacial score (nSPS) is 22.1. The number of halogens is 2. The molecule has 19 heavy (non-hydrogen) atoms. The number of ether oxygens (including phenoxy) is 1. The minimum Gasteiger partial charge on any atom is -0.462 e. The summed E-state index contributed by atoms with van der Waals surface area (Å²) in [5, 5.41) is 2.73. The molecule has 0 bridgehead atoms. The van der Waals surface area contributed by atoms with Crippen molar-refractivity contribution < 1.29 is 18.3 Å². The SMILES string of the molecule is CCOC(=O)C(F)(F)CNC1CC1c1ccccc1. The lowest BCUT2D eigenvalue weighted by molar-refractivity contribution is -0.170. The lowest BCUT2D eigenvalue weighted by Crippen LogP contribution is -2.42. The fraction of sp³-hybridized carbons (Fsp3) is 0.500. The fourth-order valence-corrected chi connectivity index (χ4v) is 2.06. The molecule has 1 fully saturated rings. The molecular weight excluding hydrogens is 252 g/mol. The Kier molecular flexibility index (Phi) is 4.14. The molecule has 1 aliphatic carbocycles. The molecule has 2 atom stereocenters. The summed E-state index contributed by atoms with van der Waals surface area (Å²) in [6.45, 7) is 0.804. The summed E-state index contributed by atoms with van der Waals surface area (Å²) in [6, 6.07) is 9.76. The molecule has 1 aromatic carbocycles. The van der Waals surface area contributed by atoms with Crippen LogP contribution >= 0.6 is 0 Å². The second-order valence-electron chi connectivity index (χ2n) is 4.67. The third-order valence-electron chi connectivity index (χ3n) is 3.18. The van der Waals surface area contributed by atoms with Crippen LogP contribution in [-0.4, -0.2) is 31.1 Å². The van der Waals surface area contributed by atoms with Crippen LogP contribution < -0.4 is 5.32 Å². The third kappa shape index (κ3) is 3.50. The maximum absolute atomic E-state index is 13.4. The van der Waals surface area contributed by atoms with Crippen molar-refractivity contribution in [2.75, 3.05) is 13.2 Å². The molecule has 0 amide bonds. The van der Waals surface area contributed by atoms with Gasteiger partial charge in [0.05, 0.1) is 13.2 Å². The summed E-state index contributed by atoms with van der Waals surface area (Å²) in [5.41, 5.74) is 1.14. The van der Waals surface area contributed by atoms with Gasteiger partial charge in [0.2, 0.25) is 0 Å². The van der Waals surface area contributed by atoms with E-state index < -0.39 is 18.4 Å². The summed E-state index contributed by atoms with van der Waals surface area (Å²) < 4.78 is 31.1. The summed E-state index contributed by atoms with van der Waals surface area (Å²) in [4.78, 5) is 11.0. The molecule has 2 unspecified atom stereocenters. The number of carbonyl (C=O) groups is 1. The monoisotopic (exact) mass is 269 g/mol. The topological polar surface area (TPSA) is 38.3 Å². The summed E-state index contributed by atoms with van der Waals surface area (Å²) in [6.07, 6.45) is 0.822. The Balaban J connectivity index is 1.80. The molecule has 0 heterocycles. The van der Waals surface area contributed by atoms with E-state index in [-0.39, 0.29) is 18.6 Å². The number of nitrogens with one attached hydrogen (secondary N) is 1. The molecule has 0 aromatic heterocycles. The van der Waals surface area contributed by atoms with Crippen molar-refractivity contribution in [1.82, 2.24) is 5.32 Å². The van der Waals surface area contributed by atoms with E-state index in [1.54, 1.807) is 0 Å². The lowest BCUT2D eigenvalue weighted by Gasteiger charge is -2.15. The first-order chi connectivity index (χ1) is 9.04. The number of carbonyl (C=O) groups excluding carboxylic acids is 1. The highest BCUT2D eigenvalue weighted by Gasteiger charge is 2.44. The first-order valence-corrected chi connectivity index (χ1v) is 6.38. The maximum Gasteiger partial charge on any atom is 0.378 e. The molecule has 3 nitrogen and oxygen atoms in total. The predicted molar refractivity (Wildman–Crippen MR) is 67.2 cm³/mol. The smallest absolute Gasteiger partial charge is 0.378 e. The zero-order valence-electron chi connectivity index (χ0n) is 10.7. The standard InChI is InChI=1S/C14H17F2NO2/c1-2-19-13(18)14(15,16)9-17-12-8-11(12)10-6-4-3-5-7-10/h3-7,11-12,17H,2,8-9H2,1H3. The Labute approximate surface area is 111 Å². The predicted octanol–water partition coefficient (Wildman–Crippen LogP) is 2.33. The van der Waals surface area contributed by atoms with Crippen LogP contribution in [0.5, 0.6) is 0 Å². The van der Waals surface area contributed by atoms with Crippen LogP contribution in [0.2, 0.25) is 0 Å². The number of alkyl halides is 2.